The second-order valence-corrected chi connectivity index (χ2v) is 5.46. The summed E-state index contributed by atoms with van der Waals surface area (Å²) in [6.07, 6.45) is 6.54. The fourth-order valence-electron chi connectivity index (χ4n) is 2.47. The second kappa shape index (κ2) is 9.15. The van der Waals surface area contributed by atoms with Crippen molar-refractivity contribution < 1.29 is 19.5 Å². The molecule has 1 aliphatic carbocycles. The van der Waals surface area contributed by atoms with Crippen LogP contribution in [-0.4, -0.2) is 36.0 Å². The van der Waals surface area contributed by atoms with Crippen LogP contribution in [-0.2, 0) is 14.4 Å². The van der Waals surface area contributed by atoms with Gasteiger partial charge in [-0.3, -0.25) is 9.59 Å². The summed E-state index contributed by atoms with van der Waals surface area (Å²) in [7, 11) is 0. The van der Waals surface area contributed by atoms with Gasteiger partial charge >= 0.3 is 5.97 Å². The van der Waals surface area contributed by atoms with Crippen LogP contribution >= 0.6 is 0 Å². The number of carboxylic acid groups (broad SMARTS) is 1. The Hall–Kier alpha value is -1.85. The molecule has 3 N–H and O–H groups in total. The Bertz CT molecular complexity index is 398. The van der Waals surface area contributed by atoms with Crippen LogP contribution in [0, 0.1) is 11.8 Å². The summed E-state index contributed by atoms with van der Waals surface area (Å²) >= 11 is 0. The minimum Gasteiger partial charge on any atom is -0.478 e. The van der Waals surface area contributed by atoms with E-state index in [1.807, 2.05) is 6.92 Å². The molecule has 0 heterocycles. The van der Waals surface area contributed by atoms with Crippen LogP contribution in [0.5, 0.6) is 0 Å². The quantitative estimate of drug-likeness (QED) is 0.612. The average molecular weight is 296 g/mol. The van der Waals surface area contributed by atoms with E-state index in [2.05, 4.69) is 10.6 Å². The van der Waals surface area contributed by atoms with Crippen LogP contribution in [0.2, 0.25) is 0 Å². The van der Waals surface area contributed by atoms with Gasteiger partial charge in [-0.05, 0) is 37.5 Å². The molecule has 6 nitrogen and oxygen atoms in total. The van der Waals surface area contributed by atoms with Crippen LogP contribution in [0.3, 0.4) is 0 Å². The van der Waals surface area contributed by atoms with Crippen molar-refractivity contribution in [3.05, 3.63) is 12.2 Å². The molecule has 0 saturated heterocycles. The highest BCUT2D eigenvalue weighted by molar-refractivity contribution is 5.93. The second-order valence-electron chi connectivity index (χ2n) is 5.46. The van der Waals surface area contributed by atoms with E-state index >= 15 is 0 Å². The Morgan fingerprint density at radius 1 is 1.00 bits per heavy atom. The minimum absolute atomic E-state index is 0.0922. The van der Waals surface area contributed by atoms with E-state index in [0.717, 1.165) is 44.4 Å². The third kappa shape index (κ3) is 7.48. The van der Waals surface area contributed by atoms with Gasteiger partial charge in [0.25, 0.3) is 0 Å². The maximum Gasteiger partial charge on any atom is 0.328 e. The monoisotopic (exact) mass is 296 g/mol. The van der Waals surface area contributed by atoms with Crippen LogP contribution in [0.1, 0.15) is 39.0 Å². The van der Waals surface area contributed by atoms with Crippen molar-refractivity contribution in [3.8, 4) is 0 Å². The van der Waals surface area contributed by atoms with Crippen LogP contribution in [0.4, 0.5) is 0 Å². The molecule has 1 aliphatic rings. The number of carbonyl (C=O) groups is 3. The average Bonchev–Trinajstić information content (AvgIpc) is 2.49. The first-order valence-electron chi connectivity index (χ1n) is 7.46. The van der Waals surface area contributed by atoms with E-state index in [-0.39, 0.29) is 11.8 Å². The topological polar surface area (TPSA) is 95.5 Å². The van der Waals surface area contributed by atoms with Gasteiger partial charge in [-0.25, -0.2) is 4.79 Å². The zero-order chi connectivity index (χ0) is 15.7. The molecule has 0 unspecified atom stereocenters. The fraction of sp³-hybridized carbons (Fsp3) is 0.667. The van der Waals surface area contributed by atoms with E-state index in [4.69, 9.17) is 5.11 Å². The SMILES string of the molecule is CCC(=O)NCC1CCC(CNC(=O)/C=C\C(=O)O)CC1. The van der Waals surface area contributed by atoms with Crippen LogP contribution in [0.25, 0.3) is 0 Å². The van der Waals surface area contributed by atoms with Gasteiger partial charge in [-0.2, -0.15) is 0 Å². The lowest BCUT2D eigenvalue weighted by atomic mass is 9.82. The molecular weight excluding hydrogens is 272 g/mol. The maximum absolute atomic E-state index is 11.4. The zero-order valence-electron chi connectivity index (χ0n) is 12.4. The van der Waals surface area contributed by atoms with Gasteiger partial charge < -0.3 is 15.7 Å². The summed E-state index contributed by atoms with van der Waals surface area (Å²) in [5.41, 5.74) is 0. The van der Waals surface area contributed by atoms with Gasteiger partial charge in [0.1, 0.15) is 0 Å². The summed E-state index contributed by atoms with van der Waals surface area (Å²) in [6.45, 7) is 3.16. The number of rotatable bonds is 7. The van der Waals surface area contributed by atoms with Crippen molar-refractivity contribution in [2.45, 2.75) is 39.0 Å². The summed E-state index contributed by atoms with van der Waals surface area (Å²) in [5.74, 6) is -0.436. The van der Waals surface area contributed by atoms with Crippen molar-refractivity contribution >= 4 is 17.8 Å². The van der Waals surface area contributed by atoms with E-state index in [0.29, 0.717) is 24.8 Å². The predicted molar refractivity (Wildman–Crippen MR) is 78.5 cm³/mol. The number of hydrogen-bond acceptors (Lipinski definition) is 3. The fourth-order valence-corrected chi connectivity index (χ4v) is 2.47. The van der Waals surface area contributed by atoms with Crippen LogP contribution < -0.4 is 10.6 Å². The lowest BCUT2D eigenvalue weighted by Gasteiger charge is -2.28. The van der Waals surface area contributed by atoms with Crippen molar-refractivity contribution in [1.29, 1.82) is 0 Å². The summed E-state index contributed by atoms with van der Waals surface area (Å²) < 4.78 is 0. The van der Waals surface area contributed by atoms with Crippen LogP contribution in [0.15, 0.2) is 12.2 Å². The zero-order valence-corrected chi connectivity index (χ0v) is 12.4. The van der Waals surface area contributed by atoms with E-state index in [1.54, 1.807) is 0 Å². The molecule has 6 heteroatoms. The first-order chi connectivity index (χ1) is 10.0. The summed E-state index contributed by atoms with van der Waals surface area (Å²) in [4.78, 5) is 32.8. The van der Waals surface area contributed by atoms with Gasteiger partial charge in [-0.15, -0.1) is 0 Å². The highest BCUT2D eigenvalue weighted by Crippen LogP contribution is 2.27. The van der Waals surface area contributed by atoms with Gasteiger partial charge in [0.2, 0.25) is 11.8 Å². The number of carboxylic acids is 1. The molecule has 1 fully saturated rings. The standard InChI is InChI=1S/C15H24N2O4/c1-2-13(18)16-9-11-3-5-12(6-4-11)10-17-14(19)7-8-15(20)21/h7-8,11-12H,2-6,9-10H2,1H3,(H,16,18)(H,17,19)(H,20,21)/b8-7-. The van der Waals surface area contributed by atoms with Gasteiger partial charge in [0, 0.05) is 31.7 Å². The van der Waals surface area contributed by atoms with Gasteiger partial charge in [0.05, 0.1) is 0 Å². The van der Waals surface area contributed by atoms with Crippen molar-refractivity contribution in [2.24, 2.45) is 11.8 Å². The molecule has 2 amide bonds. The van der Waals surface area contributed by atoms with Gasteiger partial charge in [0.15, 0.2) is 0 Å². The molecule has 21 heavy (non-hydrogen) atoms. The Labute approximate surface area is 125 Å². The van der Waals surface area contributed by atoms with E-state index < -0.39 is 5.97 Å². The molecule has 1 saturated carbocycles. The first-order valence-corrected chi connectivity index (χ1v) is 7.46. The largest absolute Gasteiger partial charge is 0.478 e. The lowest BCUT2D eigenvalue weighted by molar-refractivity contribution is -0.131. The van der Waals surface area contributed by atoms with E-state index in [9.17, 15) is 14.4 Å². The number of nitrogens with one attached hydrogen (secondary N) is 2. The first kappa shape index (κ1) is 17.2. The maximum atomic E-state index is 11.4. The highest BCUT2D eigenvalue weighted by atomic mass is 16.4. The Kier molecular flexibility index (Phi) is 7.50. The van der Waals surface area contributed by atoms with Gasteiger partial charge in [-0.1, -0.05) is 6.92 Å². The highest BCUT2D eigenvalue weighted by Gasteiger charge is 2.21. The lowest BCUT2D eigenvalue weighted by Crippen LogP contribution is -2.34. The molecule has 0 radical (unpaired) electrons. The molecular formula is C15H24N2O4. The predicted octanol–water partition coefficient (Wildman–Crippen LogP) is 1.08. The Morgan fingerprint density at radius 3 is 2.00 bits per heavy atom. The summed E-state index contributed by atoms with van der Waals surface area (Å²) in [6, 6.07) is 0. The normalized spacial score (nSPS) is 22.0. The van der Waals surface area contributed by atoms with Crippen molar-refractivity contribution in [2.75, 3.05) is 13.1 Å². The van der Waals surface area contributed by atoms with Crippen molar-refractivity contribution in [3.63, 3.8) is 0 Å². The molecule has 0 spiro atoms. The molecule has 0 aromatic carbocycles. The Balaban J connectivity index is 2.17. The molecule has 1 rings (SSSR count). The summed E-state index contributed by atoms with van der Waals surface area (Å²) in [5, 5.41) is 14.1. The molecule has 118 valence electrons. The van der Waals surface area contributed by atoms with E-state index in [1.165, 1.54) is 0 Å². The molecule has 0 aromatic heterocycles. The number of carbonyl (C=O) groups excluding carboxylic acids is 2. The third-order valence-corrected chi connectivity index (χ3v) is 3.82. The Morgan fingerprint density at radius 2 is 1.52 bits per heavy atom. The number of hydrogen-bond donors (Lipinski definition) is 3. The molecule has 0 bridgehead atoms. The third-order valence-electron chi connectivity index (χ3n) is 3.82. The molecule has 0 aromatic rings. The number of aliphatic carboxylic acids is 1. The smallest absolute Gasteiger partial charge is 0.328 e. The molecule has 0 atom stereocenters. The van der Waals surface area contributed by atoms with Crippen molar-refractivity contribution in [1.82, 2.24) is 10.6 Å². The minimum atomic E-state index is -1.13. The number of amides is 2. The molecule has 0 aliphatic heterocycles.